The van der Waals surface area contributed by atoms with Crippen molar-refractivity contribution in [2.45, 2.75) is 44.8 Å². The number of hydrogen-bond acceptors (Lipinski definition) is 0. The minimum absolute atomic E-state index is 0.773. The molecule has 0 amide bonds. The van der Waals surface area contributed by atoms with Gasteiger partial charge in [-0.25, -0.2) is 0 Å². The van der Waals surface area contributed by atoms with Gasteiger partial charge >= 0.3 is 72.9 Å². The molecule has 0 aromatic rings. The summed E-state index contributed by atoms with van der Waals surface area (Å²) in [5.41, 5.74) is 1.61. The third-order valence-corrected chi connectivity index (χ3v) is 2.99. The molecule has 0 aliphatic heterocycles. The molecule has 1 heteroatoms. The summed E-state index contributed by atoms with van der Waals surface area (Å²) in [4.78, 5) is 0. The summed E-state index contributed by atoms with van der Waals surface area (Å²) < 4.78 is 0.773. The molecule has 0 saturated heterocycles. The van der Waals surface area contributed by atoms with E-state index in [1.165, 1.54) is 19.3 Å². The standard InChI is InChI=1S/C9H17Ge/c1-4-8(5-2)7-9(10)6-3/h7,9H,4-6H2,1-3H3. The molecule has 3 radical (unpaired) electrons. The van der Waals surface area contributed by atoms with Crippen molar-refractivity contribution in [2.75, 3.05) is 0 Å². The molecule has 0 spiro atoms. The Morgan fingerprint density at radius 1 is 1.30 bits per heavy atom. The quantitative estimate of drug-likeness (QED) is 0.480. The van der Waals surface area contributed by atoms with Crippen LogP contribution in [-0.2, 0) is 0 Å². The summed E-state index contributed by atoms with van der Waals surface area (Å²) in [6.45, 7) is 6.71. The molecule has 57 valence electrons. The van der Waals surface area contributed by atoms with E-state index in [2.05, 4.69) is 43.4 Å². The molecule has 0 aliphatic carbocycles. The normalized spacial score (nSPS) is 12.8. The van der Waals surface area contributed by atoms with Crippen LogP contribution in [0.15, 0.2) is 11.6 Å². The number of allylic oxidation sites excluding steroid dienone is 2. The van der Waals surface area contributed by atoms with E-state index in [1.807, 2.05) is 0 Å². The van der Waals surface area contributed by atoms with Gasteiger partial charge < -0.3 is 0 Å². The Balaban J connectivity index is 3.83. The van der Waals surface area contributed by atoms with E-state index in [-0.39, 0.29) is 0 Å². The molecule has 0 aromatic heterocycles. The van der Waals surface area contributed by atoms with Crippen molar-refractivity contribution in [1.82, 2.24) is 0 Å². The molecular weight excluding hydrogens is 181 g/mol. The molecule has 1 atom stereocenters. The molecule has 0 nitrogen and oxygen atoms in total. The van der Waals surface area contributed by atoms with Gasteiger partial charge in [-0.05, 0) is 0 Å². The fourth-order valence-electron chi connectivity index (χ4n) is 0.888. The maximum absolute atomic E-state index is 2.42. The van der Waals surface area contributed by atoms with Crippen LogP contribution in [0.1, 0.15) is 40.0 Å². The molecule has 0 N–H and O–H groups in total. The number of rotatable bonds is 4. The van der Waals surface area contributed by atoms with E-state index < -0.39 is 0 Å². The second-order valence-corrected chi connectivity index (χ2v) is 4.10. The first-order valence-corrected chi connectivity index (χ1v) is 5.36. The Morgan fingerprint density at radius 2 is 1.80 bits per heavy atom. The molecular formula is C9H17Ge. The van der Waals surface area contributed by atoms with Gasteiger partial charge in [0, 0.05) is 0 Å². The van der Waals surface area contributed by atoms with Crippen molar-refractivity contribution in [3.8, 4) is 0 Å². The van der Waals surface area contributed by atoms with Crippen molar-refractivity contribution in [1.29, 1.82) is 0 Å². The maximum atomic E-state index is 2.42. The molecule has 0 fully saturated rings. The van der Waals surface area contributed by atoms with Gasteiger partial charge in [0.2, 0.25) is 0 Å². The summed E-state index contributed by atoms with van der Waals surface area (Å²) in [5.74, 6) is 0. The van der Waals surface area contributed by atoms with Crippen LogP contribution < -0.4 is 0 Å². The molecule has 0 aliphatic rings. The Hall–Kier alpha value is 0.283. The Kier molecular flexibility index (Phi) is 6.19. The summed E-state index contributed by atoms with van der Waals surface area (Å²) in [5, 5.41) is 0. The van der Waals surface area contributed by atoms with Crippen LogP contribution >= 0.6 is 0 Å². The summed E-state index contributed by atoms with van der Waals surface area (Å²) in [6.07, 6.45) is 6.13. The van der Waals surface area contributed by atoms with Crippen molar-refractivity contribution in [2.24, 2.45) is 0 Å². The van der Waals surface area contributed by atoms with Gasteiger partial charge in [0.1, 0.15) is 0 Å². The van der Waals surface area contributed by atoms with Crippen LogP contribution in [-0.4, -0.2) is 16.5 Å². The first kappa shape index (κ1) is 10.3. The van der Waals surface area contributed by atoms with Crippen molar-refractivity contribution >= 4 is 16.5 Å². The molecule has 0 heterocycles. The van der Waals surface area contributed by atoms with Crippen LogP contribution in [0.4, 0.5) is 0 Å². The van der Waals surface area contributed by atoms with E-state index in [0.29, 0.717) is 0 Å². The molecule has 0 rings (SSSR count). The van der Waals surface area contributed by atoms with Crippen LogP contribution in [0.3, 0.4) is 0 Å². The first-order valence-electron chi connectivity index (χ1n) is 4.15. The monoisotopic (exact) mass is 199 g/mol. The average molecular weight is 198 g/mol. The second-order valence-electron chi connectivity index (χ2n) is 2.55. The van der Waals surface area contributed by atoms with Crippen molar-refractivity contribution in [3.05, 3.63) is 11.6 Å². The summed E-state index contributed by atoms with van der Waals surface area (Å²) in [6, 6.07) is 0. The molecule has 0 aromatic carbocycles. The van der Waals surface area contributed by atoms with E-state index in [4.69, 9.17) is 0 Å². The second kappa shape index (κ2) is 6.02. The topological polar surface area (TPSA) is 0 Å². The SMILES string of the molecule is CCC(=C[CH]([Ge])CC)CC. The first-order chi connectivity index (χ1) is 4.74. The zero-order chi connectivity index (χ0) is 7.98. The summed E-state index contributed by atoms with van der Waals surface area (Å²) in [7, 11) is 0. The van der Waals surface area contributed by atoms with Crippen molar-refractivity contribution < 1.29 is 0 Å². The van der Waals surface area contributed by atoms with E-state index in [0.717, 1.165) is 4.75 Å². The van der Waals surface area contributed by atoms with E-state index in [1.54, 1.807) is 5.57 Å². The molecule has 0 saturated carbocycles. The molecule has 1 unspecified atom stereocenters. The van der Waals surface area contributed by atoms with Gasteiger partial charge in [-0.2, -0.15) is 0 Å². The van der Waals surface area contributed by atoms with Gasteiger partial charge in [0.15, 0.2) is 0 Å². The van der Waals surface area contributed by atoms with Gasteiger partial charge in [0.25, 0.3) is 0 Å². The molecule has 10 heavy (non-hydrogen) atoms. The predicted molar refractivity (Wildman–Crippen MR) is 48.5 cm³/mol. The zero-order valence-corrected chi connectivity index (χ0v) is 9.37. The molecule has 0 bridgehead atoms. The van der Waals surface area contributed by atoms with Crippen LogP contribution in [0, 0.1) is 0 Å². The third kappa shape index (κ3) is 4.15. The van der Waals surface area contributed by atoms with Gasteiger partial charge in [-0.3, -0.25) is 0 Å². The van der Waals surface area contributed by atoms with Gasteiger partial charge in [-0.1, -0.05) is 0 Å². The average Bonchev–Trinajstić information content (AvgIpc) is 1.99. The van der Waals surface area contributed by atoms with Crippen LogP contribution in [0.2, 0.25) is 4.75 Å². The van der Waals surface area contributed by atoms with Gasteiger partial charge in [0.05, 0.1) is 0 Å². The Morgan fingerprint density at radius 3 is 2.10 bits per heavy atom. The minimum atomic E-state index is 0.773. The van der Waals surface area contributed by atoms with Crippen LogP contribution in [0.5, 0.6) is 0 Å². The fraction of sp³-hybridized carbons (Fsp3) is 0.778. The predicted octanol–water partition coefficient (Wildman–Crippen LogP) is 3.10. The zero-order valence-electron chi connectivity index (χ0n) is 7.28. The van der Waals surface area contributed by atoms with E-state index in [9.17, 15) is 0 Å². The van der Waals surface area contributed by atoms with Crippen molar-refractivity contribution in [3.63, 3.8) is 0 Å². The van der Waals surface area contributed by atoms with Crippen LogP contribution in [0.25, 0.3) is 0 Å². The van der Waals surface area contributed by atoms with E-state index >= 15 is 0 Å². The fourth-order valence-corrected chi connectivity index (χ4v) is 1.38. The Labute approximate surface area is 73.3 Å². The number of hydrogen-bond donors (Lipinski definition) is 0. The van der Waals surface area contributed by atoms with Gasteiger partial charge in [-0.15, -0.1) is 0 Å². The summed E-state index contributed by atoms with van der Waals surface area (Å²) >= 11 is 2.28. The third-order valence-electron chi connectivity index (χ3n) is 1.78. The Bertz CT molecular complexity index is 99.3.